The molecule has 152 valence electrons. The van der Waals surface area contributed by atoms with E-state index in [9.17, 15) is 13.2 Å². The molecule has 1 fully saturated rings. The molecule has 1 aliphatic carbocycles. The third-order valence-corrected chi connectivity index (χ3v) is 7.65. The number of hydrogen-bond donors (Lipinski definition) is 1. The van der Waals surface area contributed by atoms with E-state index >= 15 is 0 Å². The van der Waals surface area contributed by atoms with Crippen molar-refractivity contribution in [2.24, 2.45) is 0 Å². The molecule has 0 saturated heterocycles. The molecule has 1 N–H and O–H groups in total. The zero-order chi connectivity index (χ0) is 20.0. The van der Waals surface area contributed by atoms with Gasteiger partial charge in [0.25, 0.3) is 0 Å². The first-order valence-corrected chi connectivity index (χ1v) is 12.6. The summed E-state index contributed by atoms with van der Waals surface area (Å²) in [6, 6.07) is 4.19. The highest BCUT2D eigenvalue weighted by molar-refractivity contribution is 7.99. The molecule has 0 unspecified atom stereocenters. The number of anilines is 1. The number of rotatable bonds is 8. The second-order valence-electron chi connectivity index (χ2n) is 7.09. The van der Waals surface area contributed by atoms with Gasteiger partial charge in [0.15, 0.2) is 0 Å². The predicted octanol–water partition coefficient (Wildman–Crippen LogP) is 3.99. The van der Waals surface area contributed by atoms with Gasteiger partial charge in [-0.1, -0.05) is 36.9 Å². The Morgan fingerprint density at radius 3 is 2.63 bits per heavy atom. The highest BCUT2D eigenvalue weighted by atomic mass is 35.5. The molecule has 0 spiro atoms. The normalized spacial score (nSPS) is 16.7. The van der Waals surface area contributed by atoms with Crippen molar-refractivity contribution < 1.29 is 13.2 Å². The molecule has 1 amide bonds. The number of thioether (sulfide) groups is 1. The SMILES string of the molecule is Cc1ccc(Cl)cc1N([C@H](C)C(=O)NCCSC1CCCCC1)S(C)(=O)=O. The Labute approximate surface area is 172 Å². The Kier molecular flexibility index (Phi) is 8.31. The lowest BCUT2D eigenvalue weighted by Crippen LogP contribution is -2.48. The van der Waals surface area contributed by atoms with Crippen molar-refractivity contribution in [3.8, 4) is 0 Å². The van der Waals surface area contributed by atoms with Crippen molar-refractivity contribution >= 4 is 45.0 Å². The largest absolute Gasteiger partial charge is 0.353 e. The summed E-state index contributed by atoms with van der Waals surface area (Å²) in [6.45, 7) is 3.94. The Morgan fingerprint density at radius 1 is 1.33 bits per heavy atom. The predicted molar refractivity (Wildman–Crippen MR) is 115 cm³/mol. The smallest absolute Gasteiger partial charge is 0.243 e. The van der Waals surface area contributed by atoms with E-state index in [1.54, 1.807) is 32.0 Å². The molecule has 1 saturated carbocycles. The average molecular weight is 433 g/mol. The van der Waals surface area contributed by atoms with Crippen LogP contribution in [0.4, 0.5) is 5.69 Å². The van der Waals surface area contributed by atoms with Gasteiger partial charge in [0.05, 0.1) is 11.9 Å². The van der Waals surface area contributed by atoms with Crippen molar-refractivity contribution in [1.29, 1.82) is 0 Å². The van der Waals surface area contributed by atoms with Crippen LogP contribution in [0.5, 0.6) is 0 Å². The topological polar surface area (TPSA) is 66.5 Å². The fourth-order valence-corrected chi connectivity index (χ4v) is 5.99. The van der Waals surface area contributed by atoms with Gasteiger partial charge in [0.1, 0.15) is 6.04 Å². The Balaban J connectivity index is 1.99. The van der Waals surface area contributed by atoms with Crippen molar-refractivity contribution in [1.82, 2.24) is 5.32 Å². The van der Waals surface area contributed by atoms with E-state index in [-0.39, 0.29) is 5.91 Å². The number of aryl methyl sites for hydroxylation is 1. The Morgan fingerprint density at radius 2 is 2.00 bits per heavy atom. The lowest BCUT2D eigenvalue weighted by atomic mass is 10.0. The van der Waals surface area contributed by atoms with Crippen LogP contribution in [0, 0.1) is 6.92 Å². The molecule has 1 aliphatic rings. The second kappa shape index (κ2) is 10.0. The molecule has 0 bridgehead atoms. The monoisotopic (exact) mass is 432 g/mol. The average Bonchev–Trinajstić information content (AvgIpc) is 2.61. The van der Waals surface area contributed by atoms with Gasteiger partial charge >= 0.3 is 0 Å². The van der Waals surface area contributed by atoms with Crippen molar-refractivity contribution in [2.45, 2.75) is 57.2 Å². The van der Waals surface area contributed by atoms with E-state index in [0.717, 1.165) is 21.9 Å². The number of carbonyl (C=O) groups is 1. The first-order chi connectivity index (χ1) is 12.7. The van der Waals surface area contributed by atoms with Crippen LogP contribution in [-0.2, 0) is 14.8 Å². The maximum Gasteiger partial charge on any atom is 0.243 e. The number of hydrogen-bond acceptors (Lipinski definition) is 4. The van der Waals surface area contributed by atoms with E-state index in [0.29, 0.717) is 22.5 Å². The van der Waals surface area contributed by atoms with E-state index in [1.807, 2.05) is 11.8 Å². The highest BCUT2D eigenvalue weighted by Gasteiger charge is 2.30. The molecule has 0 aliphatic heterocycles. The molecule has 5 nitrogen and oxygen atoms in total. The Hall–Kier alpha value is -0.920. The van der Waals surface area contributed by atoms with E-state index in [4.69, 9.17) is 11.6 Å². The van der Waals surface area contributed by atoms with Crippen LogP contribution < -0.4 is 9.62 Å². The fourth-order valence-electron chi connectivity index (χ4n) is 3.38. The maximum absolute atomic E-state index is 12.6. The van der Waals surface area contributed by atoms with Gasteiger partial charge < -0.3 is 5.32 Å². The standard InChI is InChI=1S/C19H29ClN2O3S2/c1-14-9-10-16(20)13-18(14)22(27(3,24)25)15(2)19(23)21-11-12-26-17-7-5-4-6-8-17/h9-10,13,15,17H,4-8,11-12H2,1-3H3,(H,21,23)/t15-/m1/s1. The van der Waals surface area contributed by atoms with Crippen molar-refractivity contribution in [2.75, 3.05) is 22.9 Å². The molecule has 8 heteroatoms. The van der Waals surface area contributed by atoms with Crippen LogP contribution in [0.1, 0.15) is 44.6 Å². The van der Waals surface area contributed by atoms with Crippen LogP contribution in [0.25, 0.3) is 0 Å². The zero-order valence-electron chi connectivity index (χ0n) is 16.2. The van der Waals surface area contributed by atoms with Crippen molar-refractivity contribution in [3.05, 3.63) is 28.8 Å². The minimum atomic E-state index is -3.64. The van der Waals surface area contributed by atoms with Crippen LogP contribution in [-0.4, -0.2) is 44.2 Å². The molecular formula is C19H29ClN2O3S2. The summed E-state index contributed by atoms with van der Waals surface area (Å²) >= 11 is 7.95. The van der Waals surface area contributed by atoms with Crippen LogP contribution in [0.15, 0.2) is 18.2 Å². The number of sulfonamides is 1. The first-order valence-electron chi connectivity index (χ1n) is 9.35. The van der Waals surface area contributed by atoms with Gasteiger partial charge in [-0.2, -0.15) is 11.8 Å². The van der Waals surface area contributed by atoms with Crippen molar-refractivity contribution in [3.63, 3.8) is 0 Å². The van der Waals surface area contributed by atoms with E-state index < -0.39 is 16.1 Å². The number of amides is 1. The molecule has 1 atom stereocenters. The molecule has 1 aromatic rings. The third kappa shape index (κ3) is 6.57. The summed E-state index contributed by atoms with van der Waals surface area (Å²) in [4.78, 5) is 12.6. The Bertz CT molecular complexity index is 749. The maximum atomic E-state index is 12.6. The lowest BCUT2D eigenvalue weighted by Gasteiger charge is -2.29. The number of nitrogens with zero attached hydrogens (tertiary/aromatic N) is 1. The molecule has 0 radical (unpaired) electrons. The number of benzene rings is 1. The molecule has 0 aromatic heterocycles. The van der Waals surface area contributed by atoms with Gasteiger partial charge in [-0.25, -0.2) is 8.42 Å². The first kappa shape index (κ1) is 22.4. The summed E-state index contributed by atoms with van der Waals surface area (Å²) in [6.07, 6.45) is 7.54. The zero-order valence-corrected chi connectivity index (χ0v) is 18.6. The highest BCUT2D eigenvalue weighted by Crippen LogP contribution is 2.29. The molecule has 0 heterocycles. The van der Waals surface area contributed by atoms with Crippen LogP contribution >= 0.6 is 23.4 Å². The van der Waals surface area contributed by atoms with E-state index in [2.05, 4.69) is 5.32 Å². The molecule has 27 heavy (non-hydrogen) atoms. The third-order valence-electron chi connectivity index (χ3n) is 4.80. The van der Waals surface area contributed by atoms with E-state index in [1.165, 1.54) is 32.1 Å². The number of carbonyl (C=O) groups excluding carboxylic acids is 1. The second-order valence-corrected chi connectivity index (χ2v) is 10.8. The van der Waals surface area contributed by atoms with Gasteiger partial charge in [-0.05, 0) is 44.4 Å². The van der Waals surface area contributed by atoms with Crippen LogP contribution in [0.3, 0.4) is 0 Å². The summed E-state index contributed by atoms with van der Waals surface area (Å²) in [5.41, 5.74) is 1.18. The summed E-state index contributed by atoms with van der Waals surface area (Å²) in [5, 5.41) is 4.00. The quantitative estimate of drug-likeness (QED) is 0.631. The number of nitrogens with one attached hydrogen (secondary N) is 1. The lowest BCUT2D eigenvalue weighted by molar-refractivity contribution is -0.121. The minimum absolute atomic E-state index is 0.302. The molecule has 1 aromatic carbocycles. The molecular weight excluding hydrogens is 404 g/mol. The van der Waals surface area contributed by atoms with Gasteiger partial charge in [0.2, 0.25) is 15.9 Å². The molecule has 2 rings (SSSR count). The minimum Gasteiger partial charge on any atom is -0.353 e. The summed E-state index contributed by atoms with van der Waals surface area (Å²) < 4.78 is 25.9. The summed E-state index contributed by atoms with van der Waals surface area (Å²) in [5.74, 6) is 0.544. The van der Waals surface area contributed by atoms with Gasteiger partial charge in [-0.15, -0.1) is 0 Å². The van der Waals surface area contributed by atoms with Crippen LogP contribution in [0.2, 0.25) is 5.02 Å². The van der Waals surface area contributed by atoms with Gasteiger partial charge in [-0.3, -0.25) is 9.10 Å². The number of halogens is 1. The summed E-state index contributed by atoms with van der Waals surface area (Å²) in [7, 11) is -3.64. The van der Waals surface area contributed by atoms with Gasteiger partial charge in [0, 0.05) is 22.6 Å². The fraction of sp³-hybridized carbons (Fsp3) is 0.632.